The van der Waals surface area contributed by atoms with Crippen LogP contribution < -0.4 is 10.5 Å². The van der Waals surface area contributed by atoms with Crippen LogP contribution in [0.5, 0.6) is 0 Å². The second kappa shape index (κ2) is 4.97. The lowest BCUT2D eigenvalue weighted by atomic mass is 10.2. The van der Waals surface area contributed by atoms with Crippen LogP contribution in [0.4, 0.5) is 14.5 Å². The lowest BCUT2D eigenvalue weighted by Crippen LogP contribution is -2.32. The van der Waals surface area contributed by atoms with Crippen molar-refractivity contribution in [2.45, 2.75) is 19.1 Å². The summed E-state index contributed by atoms with van der Waals surface area (Å²) in [4.78, 5) is 0. The second-order valence-electron chi connectivity index (χ2n) is 3.77. The van der Waals surface area contributed by atoms with Gasteiger partial charge in [0, 0.05) is 12.6 Å². The molecule has 3 N–H and O–H groups in total. The van der Waals surface area contributed by atoms with Crippen LogP contribution in [0.15, 0.2) is 12.1 Å². The number of benzene rings is 1. The van der Waals surface area contributed by atoms with Gasteiger partial charge in [-0.05, 0) is 25.5 Å². The Morgan fingerprint density at radius 3 is 2.47 bits per heavy atom. The maximum atomic E-state index is 13.4. The van der Waals surface area contributed by atoms with E-state index in [-0.39, 0.29) is 12.1 Å². The largest absolute Gasteiger partial charge is 0.329 e. The van der Waals surface area contributed by atoms with E-state index in [2.05, 4.69) is 0 Å². The predicted molar refractivity (Wildman–Crippen MR) is 62.2 cm³/mol. The number of hydrogen-bond acceptors (Lipinski definition) is 3. The molecule has 0 spiro atoms. The van der Waals surface area contributed by atoms with Gasteiger partial charge in [-0.25, -0.2) is 17.2 Å². The molecule has 17 heavy (non-hydrogen) atoms. The molecule has 0 aliphatic rings. The zero-order valence-corrected chi connectivity index (χ0v) is 10.3. The first-order chi connectivity index (χ1) is 7.77. The van der Waals surface area contributed by atoms with Crippen LogP contribution in [-0.4, -0.2) is 20.2 Å². The van der Waals surface area contributed by atoms with Crippen LogP contribution in [0.2, 0.25) is 0 Å². The number of nitrogens with one attached hydrogen (secondary N) is 1. The van der Waals surface area contributed by atoms with E-state index < -0.39 is 32.6 Å². The van der Waals surface area contributed by atoms with Crippen LogP contribution in [0.1, 0.15) is 12.5 Å². The molecule has 4 nitrogen and oxygen atoms in total. The van der Waals surface area contributed by atoms with Gasteiger partial charge >= 0.3 is 0 Å². The van der Waals surface area contributed by atoms with Crippen molar-refractivity contribution in [1.82, 2.24) is 0 Å². The van der Waals surface area contributed by atoms with Crippen LogP contribution in [0.25, 0.3) is 0 Å². The van der Waals surface area contributed by atoms with Gasteiger partial charge < -0.3 is 5.73 Å². The molecule has 0 aromatic heterocycles. The third-order valence-corrected chi connectivity index (χ3v) is 4.12. The second-order valence-corrected chi connectivity index (χ2v) is 5.87. The van der Waals surface area contributed by atoms with Crippen molar-refractivity contribution in [3.8, 4) is 0 Å². The van der Waals surface area contributed by atoms with E-state index in [0.717, 1.165) is 12.1 Å². The molecular formula is C10H14F2N2O2S. The van der Waals surface area contributed by atoms with E-state index in [4.69, 9.17) is 5.73 Å². The van der Waals surface area contributed by atoms with Crippen molar-refractivity contribution >= 4 is 15.7 Å². The van der Waals surface area contributed by atoms with E-state index in [1.165, 1.54) is 13.8 Å². The molecule has 96 valence electrons. The van der Waals surface area contributed by atoms with Crippen LogP contribution in [-0.2, 0) is 10.0 Å². The Labute approximate surface area is 98.9 Å². The van der Waals surface area contributed by atoms with Gasteiger partial charge in [0.05, 0.1) is 10.9 Å². The molecule has 1 rings (SSSR count). The summed E-state index contributed by atoms with van der Waals surface area (Å²) < 4.78 is 51.8. The zero-order valence-electron chi connectivity index (χ0n) is 9.50. The molecule has 0 bridgehead atoms. The van der Waals surface area contributed by atoms with E-state index in [9.17, 15) is 17.2 Å². The summed E-state index contributed by atoms with van der Waals surface area (Å²) in [5, 5.41) is -0.883. The summed E-state index contributed by atoms with van der Waals surface area (Å²) in [6.45, 7) is 2.66. The summed E-state index contributed by atoms with van der Waals surface area (Å²) in [7, 11) is -3.80. The number of hydrogen-bond donors (Lipinski definition) is 2. The van der Waals surface area contributed by atoms with Crippen LogP contribution in [0.3, 0.4) is 0 Å². The van der Waals surface area contributed by atoms with E-state index >= 15 is 0 Å². The van der Waals surface area contributed by atoms with E-state index in [0.29, 0.717) is 0 Å². The van der Waals surface area contributed by atoms with Crippen molar-refractivity contribution in [2.75, 3.05) is 11.3 Å². The standard InChI is InChI=1S/C10H14F2N2O2S/c1-6-3-9(12)10(4-8(6)11)14-17(15,16)7(2)5-13/h3-4,7,14H,5,13H2,1-2H3. The number of nitrogens with two attached hydrogens (primary N) is 1. The number of rotatable bonds is 4. The topological polar surface area (TPSA) is 72.2 Å². The molecule has 1 aromatic carbocycles. The quantitative estimate of drug-likeness (QED) is 0.862. The Morgan fingerprint density at radius 2 is 1.94 bits per heavy atom. The average molecular weight is 264 g/mol. The normalized spacial score (nSPS) is 13.5. The molecule has 0 fully saturated rings. The summed E-state index contributed by atoms with van der Waals surface area (Å²) in [5.41, 5.74) is 4.92. The van der Waals surface area contributed by atoms with Gasteiger partial charge in [0.15, 0.2) is 0 Å². The third-order valence-electron chi connectivity index (χ3n) is 2.36. The third kappa shape index (κ3) is 3.13. The summed E-state index contributed by atoms with van der Waals surface area (Å²) in [5.74, 6) is -1.50. The fourth-order valence-corrected chi connectivity index (χ4v) is 2.02. The molecule has 0 aliphatic carbocycles. The average Bonchev–Trinajstić information content (AvgIpc) is 2.24. The lowest BCUT2D eigenvalue weighted by Gasteiger charge is -2.13. The Kier molecular flexibility index (Phi) is 4.05. The number of anilines is 1. The van der Waals surface area contributed by atoms with Crippen molar-refractivity contribution < 1.29 is 17.2 Å². The van der Waals surface area contributed by atoms with Gasteiger partial charge in [0.2, 0.25) is 10.0 Å². The fourth-order valence-electron chi connectivity index (χ4n) is 1.11. The van der Waals surface area contributed by atoms with Gasteiger partial charge in [-0.2, -0.15) is 0 Å². The minimum absolute atomic E-state index is 0.106. The Hall–Kier alpha value is -1.21. The lowest BCUT2D eigenvalue weighted by molar-refractivity contribution is 0.584. The Morgan fingerprint density at radius 1 is 1.35 bits per heavy atom. The van der Waals surface area contributed by atoms with Crippen molar-refractivity contribution in [1.29, 1.82) is 0 Å². The maximum Gasteiger partial charge on any atom is 0.236 e. The highest BCUT2D eigenvalue weighted by atomic mass is 32.2. The molecular weight excluding hydrogens is 250 g/mol. The highest BCUT2D eigenvalue weighted by molar-refractivity contribution is 7.93. The molecule has 0 radical (unpaired) electrons. The predicted octanol–water partition coefficient (Wildman–Crippen LogP) is 1.36. The van der Waals surface area contributed by atoms with Gasteiger partial charge in [0.1, 0.15) is 11.6 Å². The molecule has 1 unspecified atom stereocenters. The number of halogens is 2. The Balaban J connectivity index is 3.08. The molecule has 0 amide bonds. The highest BCUT2D eigenvalue weighted by Crippen LogP contribution is 2.20. The van der Waals surface area contributed by atoms with Gasteiger partial charge in [-0.15, -0.1) is 0 Å². The van der Waals surface area contributed by atoms with Crippen molar-refractivity contribution in [3.63, 3.8) is 0 Å². The molecule has 7 heteroatoms. The SMILES string of the molecule is Cc1cc(F)c(NS(=O)(=O)C(C)CN)cc1F. The molecule has 0 heterocycles. The van der Waals surface area contributed by atoms with E-state index in [1.54, 1.807) is 0 Å². The maximum absolute atomic E-state index is 13.4. The first-order valence-corrected chi connectivity index (χ1v) is 6.50. The summed E-state index contributed by atoms with van der Waals surface area (Å²) >= 11 is 0. The van der Waals surface area contributed by atoms with Crippen molar-refractivity contribution in [2.24, 2.45) is 5.73 Å². The first-order valence-electron chi connectivity index (χ1n) is 4.95. The van der Waals surface area contributed by atoms with Gasteiger partial charge in [0.25, 0.3) is 0 Å². The first kappa shape index (κ1) is 13.9. The molecule has 0 aliphatic heterocycles. The van der Waals surface area contributed by atoms with Gasteiger partial charge in [-0.3, -0.25) is 4.72 Å². The van der Waals surface area contributed by atoms with Gasteiger partial charge in [-0.1, -0.05) is 0 Å². The number of aryl methyl sites for hydroxylation is 1. The highest BCUT2D eigenvalue weighted by Gasteiger charge is 2.21. The minimum Gasteiger partial charge on any atom is -0.329 e. The summed E-state index contributed by atoms with van der Waals surface area (Å²) in [6, 6.07) is 1.74. The molecule has 1 atom stereocenters. The van der Waals surface area contributed by atoms with Crippen molar-refractivity contribution in [3.05, 3.63) is 29.3 Å². The van der Waals surface area contributed by atoms with E-state index in [1.807, 2.05) is 4.72 Å². The number of sulfonamides is 1. The molecule has 0 saturated heterocycles. The smallest absolute Gasteiger partial charge is 0.236 e. The monoisotopic (exact) mass is 264 g/mol. The molecule has 1 aromatic rings. The summed E-state index contributed by atoms with van der Waals surface area (Å²) in [6.07, 6.45) is 0. The van der Waals surface area contributed by atoms with Crippen LogP contribution >= 0.6 is 0 Å². The molecule has 0 saturated carbocycles. The Bertz CT molecular complexity index is 517. The van der Waals surface area contributed by atoms with Crippen LogP contribution in [0, 0.1) is 18.6 Å². The minimum atomic E-state index is -3.80. The fraction of sp³-hybridized carbons (Fsp3) is 0.400. The zero-order chi connectivity index (χ0) is 13.2.